The molecule has 1 amide bonds. The third kappa shape index (κ3) is 4.16. The van der Waals surface area contributed by atoms with Crippen molar-refractivity contribution in [3.05, 3.63) is 96.1 Å². The first kappa shape index (κ1) is 17.0. The molecule has 25 heavy (non-hydrogen) atoms. The Labute approximate surface area is 149 Å². The average Bonchev–Trinajstić information content (AvgIpc) is 2.67. The van der Waals surface area contributed by atoms with Crippen LogP contribution in [0.2, 0.25) is 0 Å². The summed E-state index contributed by atoms with van der Waals surface area (Å²) >= 11 is 0. The van der Waals surface area contributed by atoms with Crippen LogP contribution in [0.1, 0.15) is 29.8 Å². The van der Waals surface area contributed by atoms with E-state index in [9.17, 15) is 4.79 Å². The SMILES string of the molecule is CC(C)N(Cc1ccccc1)C(=O)c1ccc(-c2ccccc2)cc1. The third-order valence-electron chi connectivity index (χ3n) is 4.32. The Kier molecular flexibility index (Phi) is 5.30. The molecule has 0 saturated heterocycles. The summed E-state index contributed by atoms with van der Waals surface area (Å²) in [6.07, 6.45) is 0. The van der Waals surface area contributed by atoms with Gasteiger partial charge >= 0.3 is 0 Å². The molecule has 0 fully saturated rings. The predicted octanol–water partition coefficient (Wildman–Crippen LogP) is 5.40. The van der Waals surface area contributed by atoms with Crippen molar-refractivity contribution in [3.63, 3.8) is 0 Å². The Morgan fingerprint density at radius 3 is 1.84 bits per heavy atom. The van der Waals surface area contributed by atoms with Crippen molar-refractivity contribution in [1.82, 2.24) is 4.90 Å². The Morgan fingerprint density at radius 1 is 0.760 bits per heavy atom. The minimum absolute atomic E-state index is 0.0680. The molecule has 126 valence electrons. The van der Waals surface area contributed by atoms with E-state index >= 15 is 0 Å². The quantitative estimate of drug-likeness (QED) is 0.613. The number of benzene rings is 3. The highest BCUT2D eigenvalue weighted by Crippen LogP contribution is 2.21. The number of hydrogen-bond donors (Lipinski definition) is 0. The Balaban J connectivity index is 1.80. The van der Waals surface area contributed by atoms with Crippen LogP contribution in [0.4, 0.5) is 0 Å². The van der Waals surface area contributed by atoms with E-state index in [4.69, 9.17) is 0 Å². The van der Waals surface area contributed by atoms with Gasteiger partial charge < -0.3 is 4.90 Å². The maximum atomic E-state index is 13.0. The molecule has 3 rings (SSSR count). The predicted molar refractivity (Wildman–Crippen MR) is 103 cm³/mol. The third-order valence-corrected chi connectivity index (χ3v) is 4.32. The standard InChI is InChI=1S/C23H23NO/c1-18(2)24(17-19-9-5-3-6-10-19)23(25)22-15-13-21(14-16-22)20-11-7-4-8-12-20/h3-16,18H,17H2,1-2H3. The maximum absolute atomic E-state index is 13.0. The molecule has 0 spiro atoms. The maximum Gasteiger partial charge on any atom is 0.254 e. The molecule has 2 heteroatoms. The van der Waals surface area contributed by atoms with E-state index in [1.54, 1.807) is 0 Å². The molecule has 0 heterocycles. The fourth-order valence-corrected chi connectivity index (χ4v) is 2.87. The van der Waals surface area contributed by atoms with Crippen LogP contribution in [-0.4, -0.2) is 16.8 Å². The van der Waals surface area contributed by atoms with Crippen molar-refractivity contribution in [3.8, 4) is 11.1 Å². The largest absolute Gasteiger partial charge is 0.332 e. The van der Waals surface area contributed by atoms with E-state index in [-0.39, 0.29) is 11.9 Å². The van der Waals surface area contributed by atoms with Gasteiger partial charge in [-0.2, -0.15) is 0 Å². The van der Waals surface area contributed by atoms with Crippen LogP contribution in [0.3, 0.4) is 0 Å². The van der Waals surface area contributed by atoms with E-state index < -0.39 is 0 Å². The highest BCUT2D eigenvalue weighted by atomic mass is 16.2. The van der Waals surface area contributed by atoms with Gasteiger partial charge in [-0.3, -0.25) is 4.79 Å². The Morgan fingerprint density at radius 2 is 1.28 bits per heavy atom. The van der Waals surface area contributed by atoms with Crippen LogP contribution in [-0.2, 0) is 6.54 Å². The number of carbonyl (C=O) groups excluding carboxylic acids is 1. The van der Waals surface area contributed by atoms with Gasteiger partial charge in [0.15, 0.2) is 0 Å². The van der Waals surface area contributed by atoms with Crippen LogP contribution in [0, 0.1) is 0 Å². The summed E-state index contributed by atoms with van der Waals surface area (Å²) in [5.74, 6) is 0.0680. The number of nitrogens with zero attached hydrogens (tertiary/aromatic N) is 1. The monoisotopic (exact) mass is 329 g/mol. The molecule has 0 aromatic heterocycles. The molecule has 3 aromatic rings. The molecule has 0 aliphatic heterocycles. The second-order valence-electron chi connectivity index (χ2n) is 6.46. The van der Waals surface area contributed by atoms with Crippen LogP contribution < -0.4 is 0 Å². The van der Waals surface area contributed by atoms with Crippen LogP contribution in [0.15, 0.2) is 84.9 Å². The van der Waals surface area contributed by atoms with E-state index in [1.165, 1.54) is 0 Å². The van der Waals surface area contributed by atoms with E-state index in [0.717, 1.165) is 22.3 Å². The summed E-state index contributed by atoms with van der Waals surface area (Å²) in [5, 5.41) is 0. The summed E-state index contributed by atoms with van der Waals surface area (Å²) < 4.78 is 0. The second kappa shape index (κ2) is 7.80. The van der Waals surface area contributed by atoms with Gasteiger partial charge in [0.2, 0.25) is 0 Å². The lowest BCUT2D eigenvalue weighted by Crippen LogP contribution is -2.36. The average molecular weight is 329 g/mol. The lowest BCUT2D eigenvalue weighted by molar-refractivity contribution is 0.0690. The smallest absolute Gasteiger partial charge is 0.254 e. The molecule has 0 bridgehead atoms. The Bertz CT molecular complexity index is 808. The van der Waals surface area contributed by atoms with E-state index in [2.05, 4.69) is 38.1 Å². The molecule has 0 unspecified atom stereocenters. The van der Waals surface area contributed by atoms with Gasteiger partial charge in [0.05, 0.1) is 0 Å². The molecule has 3 aromatic carbocycles. The summed E-state index contributed by atoms with van der Waals surface area (Å²) in [6.45, 7) is 4.73. The fourth-order valence-electron chi connectivity index (χ4n) is 2.87. The molecule has 0 atom stereocenters. The van der Waals surface area contributed by atoms with Gasteiger partial charge in [0.25, 0.3) is 5.91 Å². The highest BCUT2D eigenvalue weighted by molar-refractivity contribution is 5.94. The lowest BCUT2D eigenvalue weighted by atomic mass is 10.0. The van der Waals surface area contributed by atoms with Crippen LogP contribution in [0.5, 0.6) is 0 Å². The zero-order chi connectivity index (χ0) is 17.6. The zero-order valence-electron chi connectivity index (χ0n) is 14.7. The van der Waals surface area contributed by atoms with Gasteiger partial charge in [0.1, 0.15) is 0 Å². The summed E-state index contributed by atoms with van der Waals surface area (Å²) in [4.78, 5) is 14.9. The molecule has 0 aliphatic carbocycles. The molecule has 0 radical (unpaired) electrons. The molecule has 2 nitrogen and oxygen atoms in total. The van der Waals surface area contributed by atoms with Crippen molar-refractivity contribution in [2.75, 3.05) is 0 Å². The van der Waals surface area contributed by atoms with Crippen LogP contribution >= 0.6 is 0 Å². The first-order valence-corrected chi connectivity index (χ1v) is 8.65. The van der Waals surface area contributed by atoms with Crippen molar-refractivity contribution in [2.24, 2.45) is 0 Å². The minimum atomic E-state index is 0.0680. The summed E-state index contributed by atoms with van der Waals surface area (Å²) in [6, 6.07) is 28.3. The zero-order valence-corrected chi connectivity index (χ0v) is 14.7. The van der Waals surface area contributed by atoms with Gasteiger partial charge in [-0.15, -0.1) is 0 Å². The lowest BCUT2D eigenvalue weighted by Gasteiger charge is -2.27. The summed E-state index contributed by atoms with van der Waals surface area (Å²) in [7, 11) is 0. The normalized spacial score (nSPS) is 10.7. The molecule has 0 N–H and O–H groups in total. The number of hydrogen-bond acceptors (Lipinski definition) is 1. The topological polar surface area (TPSA) is 20.3 Å². The number of carbonyl (C=O) groups is 1. The van der Waals surface area contributed by atoms with E-state index in [0.29, 0.717) is 6.54 Å². The highest BCUT2D eigenvalue weighted by Gasteiger charge is 2.19. The van der Waals surface area contributed by atoms with Gasteiger partial charge in [-0.25, -0.2) is 0 Å². The first-order valence-electron chi connectivity index (χ1n) is 8.65. The van der Waals surface area contributed by atoms with Gasteiger partial charge in [0, 0.05) is 18.2 Å². The van der Waals surface area contributed by atoms with Crippen molar-refractivity contribution in [1.29, 1.82) is 0 Å². The number of rotatable bonds is 5. The van der Waals surface area contributed by atoms with E-state index in [1.807, 2.05) is 65.6 Å². The molecular formula is C23H23NO. The molecule has 0 saturated carbocycles. The summed E-state index contributed by atoms with van der Waals surface area (Å²) in [5.41, 5.74) is 4.15. The van der Waals surface area contributed by atoms with Gasteiger partial charge in [-0.1, -0.05) is 72.8 Å². The molecule has 0 aliphatic rings. The van der Waals surface area contributed by atoms with Crippen molar-refractivity contribution in [2.45, 2.75) is 26.4 Å². The van der Waals surface area contributed by atoms with Crippen molar-refractivity contribution < 1.29 is 4.79 Å². The van der Waals surface area contributed by atoms with Gasteiger partial charge in [-0.05, 0) is 42.7 Å². The first-order chi connectivity index (χ1) is 12.1. The molecular weight excluding hydrogens is 306 g/mol. The number of amides is 1. The minimum Gasteiger partial charge on any atom is -0.332 e. The van der Waals surface area contributed by atoms with Crippen molar-refractivity contribution >= 4 is 5.91 Å². The van der Waals surface area contributed by atoms with Crippen LogP contribution in [0.25, 0.3) is 11.1 Å². The second-order valence-corrected chi connectivity index (χ2v) is 6.46. The fraction of sp³-hybridized carbons (Fsp3) is 0.174. The Hall–Kier alpha value is -2.87.